The van der Waals surface area contributed by atoms with Gasteiger partial charge in [-0.15, -0.1) is 0 Å². The van der Waals surface area contributed by atoms with Crippen molar-refractivity contribution >= 4 is 23.2 Å². The number of hydrogen-bond donors (Lipinski definition) is 0. The molecule has 0 spiro atoms. The van der Waals surface area contributed by atoms with E-state index in [1.54, 1.807) is 0 Å². The van der Waals surface area contributed by atoms with E-state index in [0.29, 0.717) is 11.6 Å². The quantitative estimate of drug-likeness (QED) is 0.773. The minimum absolute atomic E-state index is 0.617. The van der Waals surface area contributed by atoms with E-state index in [2.05, 4.69) is 9.97 Å². The first-order valence-corrected chi connectivity index (χ1v) is 7.27. The van der Waals surface area contributed by atoms with Gasteiger partial charge in [0.25, 0.3) is 0 Å². The highest BCUT2D eigenvalue weighted by atomic mass is 35.5. The summed E-state index contributed by atoms with van der Waals surface area (Å²) in [6, 6.07) is 7.78. The zero-order valence-corrected chi connectivity index (χ0v) is 12.0. The molecule has 1 aromatic carbocycles. The fourth-order valence-corrected chi connectivity index (χ4v) is 2.99. The summed E-state index contributed by atoms with van der Waals surface area (Å²) >= 11 is 12.4. The molecule has 0 bridgehead atoms. The van der Waals surface area contributed by atoms with E-state index in [0.717, 1.165) is 40.5 Å². The Morgan fingerprint density at radius 3 is 2.63 bits per heavy atom. The largest absolute Gasteiger partial charge is 0.237 e. The van der Waals surface area contributed by atoms with Crippen LogP contribution < -0.4 is 0 Å². The van der Waals surface area contributed by atoms with Gasteiger partial charge in [-0.3, -0.25) is 0 Å². The first kappa shape index (κ1) is 12.9. The molecule has 0 amide bonds. The highest BCUT2D eigenvalue weighted by molar-refractivity contribution is 6.31. The minimum Gasteiger partial charge on any atom is -0.237 e. The minimum atomic E-state index is 0.617. The van der Waals surface area contributed by atoms with Gasteiger partial charge in [-0.05, 0) is 37.3 Å². The molecule has 98 valence electrons. The van der Waals surface area contributed by atoms with Gasteiger partial charge < -0.3 is 0 Å². The molecule has 2 aromatic rings. The summed E-state index contributed by atoms with van der Waals surface area (Å²) in [5.41, 5.74) is 3.29. The molecule has 0 atom stereocenters. The standard InChI is InChI=1S/C15H14Cl2N2/c16-12-7-3-1-5-10(12)9-14-18-13-8-4-2-6-11(13)15(17)19-14/h1,3,5,7H,2,4,6,8-9H2. The average Bonchev–Trinajstić information content (AvgIpc) is 2.42. The van der Waals surface area contributed by atoms with E-state index < -0.39 is 0 Å². The molecule has 0 N–H and O–H groups in total. The summed E-state index contributed by atoms with van der Waals surface area (Å²) in [5, 5.41) is 1.37. The molecule has 19 heavy (non-hydrogen) atoms. The number of fused-ring (bicyclic) bond motifs is 1. The molecule has 1 aliphatic carbocycles. The van der Waals surface area contributed by atoms with Crippen LogP contribution in [0.4, 0.5) is 0 Å². The Morgan fingerprint density at radius 1 is 1.00 bits per heavy atom. The lowest BCUT2D eigenvalue weighted by atomic mass is 9.97. The van der Waals surface area contributed by atoms with E-state index in [1.807, 2.05) is 24.3 Å². The third-order valence-electron chi connectivity index (χ3n) is 3.49. The predicted octanol–water partition coefficient (Wildman–Crippen LogP) is 4.25. The summed E-state index contributed by atoms with van der Waals surface area (Å²) in [7, 11) is 0. The lowest BCUT2D eigenvalue weighted by Crippen LogP contribution is -2.10. The molecule has 0 saturated carbocycles. The van der Waals surface area contributed by atoms with Gasteiger partial charge in [0, 0.05) is 22.7 Å². The van der Waals surface area contributed by atoms with Gasteiger partial charge in [-0.1, -0.05) is 41.4 Å². The van der Waals surface area contributed by atoms with Crippen molar-refractivity contribution < 1.29 is 0 Å². The van der Waals surface area contributed by atoms with Gasteiger partial charge in [0.05, 0.1) is 0 Å². The van der Waals surface area contributed by atoms with Gasteiger partial charge in [-0.2, -0.15) is 0 Å². The molecule has 0 radical (unpaired) electrons. The SMILES string of the molecule is Clc1ccccc1Cc1nc(Cl)c2c(n1)CCCC2. The lowest BCUT2D eigenvalue weighted by molar-refractivity contribution is 0.656. The van der Waals surface area contributed by atoms with E-state index in [1.165, 1.54) is 12.8 Å². The maximum absolute atomic E-state index is 6.27. The van der Waals surface area contributed by atoms with Crippen LogP contribution in [0.1, 0.15) is 35.5 Å². The number of hydrogen-bond acceptors (Lipinski definition) is 2. The summed E-state index contributed by atoms with van der Waals surface area (Å²) in [6.07, 6.45) is 5.01. The molecular weight excluding hydrogens is 279 g/mol. The van der Waals surface area contributed by atoms with Crippen LogP contribution in [0.15, 0.2) is 24.3 Å². The van der Waals surface area contributed by atoms with Crippen molar-refractivity contribution in [1.29, 1.82) is 0 Å². The molecule has 0 unspecified atom stereocenters. The van der Waals surface area contributed by atoms with Gasteiger partial charge in [0.1, 0.15) is 11.0 Å². The number of halogens is 2. The third kappa shape index (κ3) is 2.75. The normalized spacial score (nSPS) is 14.2. The molecule has 0 aliphatic heterocycles. The van der Waals surface area contributed by atoms with E-state index in [4.69, 9.17) is 23.2 Å². The smallest absolute Gasteiger partial charge is 0.136 e. The van der Waals surface area contributed by atoms with Crippen molar-refractivity contribution in [3.8, 4) is 0 Å². The summed E-state index contributed by atoms with van der Waals surface area (Å²) in [6.45, 7) is 0. The number of rotatable bonds is 2. The molecule has 1 aromatic heterocycles. The highest BCUT2D eigenvalue weighted by Gasteiger charge is 2.17. The molecular formula is C15H14Cl2N2. The molecule has 1 heterocycles. The van der Waals surface area contributed by atoms with Gasteiger partial charge >= 0.3 is 0 Å². The average molecular weight is 293 g/mol. The van der Waals surface area contributed by atoms with Crippen LogP contribution in [0.5, 0.6) is 0 Å². The molecule has 3 rings (SSSR count). The van der Waals surface area contributed by atoms with Crippen LogP contribution in [-0.2, 0) is 19.3 Å². The summed E-state index contributed by atoms with van der Waals surface area (Å²) in [5.74, 6) is 0.763. The molecule has 4 heteroatoms. The second-order valence-corrected chi connectivity index (χ2v) is 5.60. The van der Waals surface area contributed by atoms with E-state index in [9.17, 15) is 0 Å². The Morgan fingerprint density at radius 2 is 1.79 bits per heavy atom. The zero-order valence-electron chi connectivity index (χ0n) is 10.5. The van der Waals surface area contributed by atoms with Crippen molar-refractivity contribution in [2.24, 2.45) is 0 Å². The number of benzene rings is 1. The Kier molecular flexibility index (Phi) is 3.72. The summed E-state index contributed by atoms with van der Waals surface area (Å²) in [4.78, 5) is 9.07. The number of nitrogens with zero attached hydrogens (tertiary/aromatic N) is 2. The second-order valence-electron chi connectivity index (χ2n) is 4.83. The van der Waals surface area contributed by atoms with Crippen LogP contribution in [0, 0.1) is 0 Å². The summed E-state index contributed by atoms with van der Waals surface area (Å²) < 4.78 is 0. The topological polar surface area (TPSA) is 25.8 Å². The van der Waals surface area contributed by atoms with Crippen LogP contribution in [0.25, 0.3) is 0 Å². The molecule has 1 aliphatic rings. The molecule has 0 fully saturated rings. The Hall–Kier alpha value is -1.12. The van der Waals surface area contributed by atoms with Crippen LogP contribution in [-0.4, -0.2) is 9.97 Å². The second kappa shape index (κ2) is 5.48. The lowest BCUT2D eigenvalue weighted by Gasteiger charge is -2.16. The number of aromatic nitrogens is 2. The van der Waals surface area contributed by atoms with Crippen molar-refractivity contribution in [2.75, 3.05) is 0 Å². The van der Waals surface area contributed by atoms with E-state index >= 15 is 0 Å². The van der Waals surface area contributed by atoms with Crippen molar-refractivity contribution in [1.82, 2.24) is 9.97 Å². The maximum Gasteiger partial charge on any atom is 0.136 e. The van der Waals surface area contributed by atoms with Crippen molar-refractivity contribution in [3.63, 3.8) is 0 Å². The van der Waals surface area contributed by atoms with Crippen molar-refractivity contribution in [3.05, 3.63) is 57.1 Å². The first-order chi connectivity index (χ1) is 9.24. The predicted molar refractivity (Wildman–Crippen MR) is 77.9 cm³/mol. The number of aryl methyl sites for hydroxylation is 1. The van der Waals surface area contributed by atoms with Crippen molar-refractivity contribution in [2.45, 2.75) is 32.1 Å². The van der Waals surface area contributed by atoms with E-state index in [-0.39, 0.29) is 0 Å². The van der Waals surface area contributed by atoms with Crippen LogP contribution >= 0.6 is 23.2 Å². The Bertz CT molecular complexity index is 611. The molecule has 0 saturated heterocycles. The fraction of sp³-hybridized carbons (Fsp3) is 0.333. The highest BCUT2D eigenvalue weighted by Crippen LogP contribution is 2.26. The Labute approximate surface area is 122 Å². The molecule has 2 nitrogen and oxygen atoms in total. The third-order valence-corrected chi connectivity index (χ3v) is 4.17. The van der Waals surface area contributed by atoms with Gasteiger partial charge in [0.2, 0.25) is 0 Å². The Balaban J connectivity index is 1.94. The zero-order chi connectivity index (χ0) is 13.2. The maximum atomic E-state index is 6.27. The van der Waals surface area contributed by atoms with Gasteiger partial charge in [-0.25, -0.2) is 9.97 Å². The van der Waals surface area contributed by atoms with Crippen LogP contribution in [0.2, 0.25) is 10.2 Å². The fourth-order valence-electron chi connectivity index (χ4n) is 2.49. The van der Waals surface area contributed by atoms with Gasteiger partial charge in [0.15, 0.2) is 0 Å². The monoisotopic (exact) mass is 292 g/mol. The van der Waals surface area contributed by atoms with Crippen LogP contribution in [0.3, 0.4) is 0 Å². The first-order valence-electron chi connectivity index (χ1n) is 6.51.